The molecule has 2 aromatic rings. The Kier molecular flexibility index (Phi) is 6.62. The lowest BCUT2D eigenvalue weighted by Gasteiger charge is -2.30. The van der Waals surface area contributed by atoms with Crippen LogP contribution in [0, 0.1) is 11.6 Å². The molecule has 27 heavy (non-hydrogen) atoms. The quantitative estimate of drug-likeness (QED) is 0.545. The van der Waals surface area contributed by atoms with Crippen molar-refractivity contribution in [2.24, 2.45) is 0 Å². The third kappa shape index (κ3) is 4.56. The van der Waals surface area contributed by atoms with Crippen molar-refractivity contribution in [3.8, 4) is 5.75 Å². The lowest BCUT2D eigenvalue weighted by Crippen LogP contribution is -2.20. The number of ether oxygens (including phenoxy) is 2. The third-order valence-corrected chi connectivity index (χ3v) is 5.08. The molecular formula is C23H26F2O2. The van der Waals surface area contributed by atoms with Crippen LogP contribution >= 0.6 is 0 Å². The summed E-state index contributed by atoms with van der Waals surface area (Å²) in [4.78, 5) is 0. The fourth-order valence-corrected chi connectivity index (χ4v) is 3.56. The van der Waals surface area contributed by atoms with E-state index in [0.717, 1.165) is 31.2 Å². The van der Waals surface area contributed by atoms with Gasteiger partial charge in [0, 0.05) is 5.92 Å². The number of aryl methyl sites for hydroxylation is 1. The summed E-state index contributed by atoms with van der Waals surface area (Å²) in [6.45, 7) is 6.17. The van der Waals surface area contributed by atoms with E-state index in [0.29, 0.717) is 18.8 Å². The molecule has 1 fully saturated rings. The van der Waals surface area contributed by atoms with Crippen LogP contribution in [0.15, 0.2) is 49.1 Å². The molecule has 0 amide bonds. The second-order valence-corrected chi connectivity index (χ2v) is 6.88. The van der Waals surface area contributed by atoms with E-state index < -0.39 is 11.6 Å². The average Bonchev–Trinajstić information content (AvgIpc) is 2.71. The minimum Gasteiger partial charge on any atom is -0.491 e. The van der Waals surface area contributed by atoms with Crippen molar-refractivity contribution < 1.29 is 18.3 Å². The second-order valence-electron chi connectivity index (χ2n) is 6.88. The Bertz CT molecular complexity index is 763. The lowest BCUT2D eigenvalue weighted by molar-refractivity contribution is 0.00160. The number of hydrogen-bond donors (Lipinski definition) is 0. The Morgan fingerprint density at radius 3 is 2.52 bits per heavy atom. The normalized spacial score (nSPS) is 19.7. The van der Waals surface area contributed by atoms with Gasteiger partial charge in [-0.25, -0.2) is 4.39 Å². The minimum absolute atomic E-state index is 0.00492. The van der Waals surface area contributed by atoms with E-state index >= 15 is 0 Å². The first-order valence-corrected chi connectivity index (χ1v) is 9.56. The fraction of sp³-hybridized carbons (Fsp3) is 0.391. The highest BCUT2D eigenvalue weighted by Crippen LogP contribution is 2.37. The fourth-order valence-electron chi connectivity index (χ4n) is 3.56. The van der Waals surface area contributed by atoms with Gasteiger partial charge < -0.3 is 9.47 Å². The molecule has 0 bridgehead atoms. The van der Waals surface area contributed by atoms with E-state index in [9.17, 15) is 8.78 Å². The van der Waals surface area contributed by atoms with Gasteiger partial charge in [0.15, 0.2) is 11.6 Å². The molecule has 0 saturated carbocycles. The molecule has 2 atom stereocenters. The molecule has 1 heterocycles. The third-order valence-electron chi connectivity index (χ3n) is 5.08. The zero-order valence-corrected chi connectivity index (χ0v) is 15.7. The molecule has 2 nitrogen and oxygen atoms in total. The van der Waals surface area contributed by atoms with Crippen molar-refractivity contribution in [2.45, 2.75) is 44.6 Å². The van der Waals surface area contributed by atoms with E-state index in [1.165, 1.54) is 11.6 Å². The SMILES string of the molecule is C=CCCc1ccc(C2CCC(c3ccc(OCC)c(F)c3F)CO2)cc1. The van der Waals surface area contributed by atoms with Gasteiger partial charge in [0.2, 0.25) is 5.82 Å². The molecule has 2 unspecified atom stereocenters. The summed E-state index contributed by atoms with van der Waals surface area (Å²) in [6, 6.07) is 11.6. The van der Waals surface area contributed by atoms with Gasteiger partial charge >= 0.3 is 0 Å². The topological polar surface area (TPSA) is 18.5 Å². The van der Waals surface area contributed by atoms with Crippen LogP contribution in [0.2, 0.25) is 0 Å². The van der Waals surface area contributed by atoms with Gasteiger partial charge in [-0.15, -0.1) is 6.58 Å². The van der Waals surface area contributed by atoms with Crippen LogP contribution in [-0.2, 0) is 11.2 Å². The van der Waals surface area contributed by atoms with Crippen LogP contribution in [0.25, 0.3) is 0 Å². The van der Waals surface area contributed by atoms with Gasteiger partial charge in [0.05, 0.1) is 19.3 Å². The Balaban J connectivity index is 1.63. The Morgan fingerprint density at radius 1 is 1.11 bits per heavy atom. The lowest BCUT2D eigenvalue weighted by atomic mass is 9.89. The predicted octanol–water partition coefficient (Wildman–Crippen LogP) is 6.12. The van der Waals surface area contributed by atoms with Gasteiger partial charge in [0.1, 0.15) is 0 Å². The monoisotopic (exact) mass is 372 g/mol. The molecular weight excluding hydrogens is 346 g/mol. The summed E-state index contributed by atoms with van der Waals surface area (Å²) in [7, 11) is 0. The summed E-state index contributed by atoms with van der Waals surface area (Å²) in [5.74, 6) is -1.91. The van der Waals surface area contributed by atoms with Crippen LogP contribution in [-0.4, -0.2) is 13.2 Å². The molecule has 0 radical (unpaired) electrons. The number of hydrogen-bond acceptors (Lipinski definition) is 2. The van der Waals surface area contributed by atoms with Gasteiger partial charge in [-0.1, -0.05) is 36.4 Å². The highest BCUT2D eigenvalue weighted by Gasteiger charge is 2.27. The minimum atomic E-state index is -0.911. The number of rotatable bonds is 7. The van der Waals surface area contributed by atoms with Crippen molar-refractivity contribution in [1.82, 2.24) is 0 Å². The summed E-state index contributed by atoms with van der Waals surface area (Å²) >= 11 is 0. The summed E-state index contributed by atoms with van der Waals surface area (Å²) in [5, 5.41) is 0. The Hall–Kier alpha value is -2.20. The van der Waals surface area contributed by atoms with Gasteiger partial charge in [0.25, 0.3) is 0 Å². The zero-order chi connectivity index (χ0) is 19.2. The second kappa shape index (κ2) is 9.14. The molecule has 144 valence electrons. The first-order valence-electron chi connectivity index (χ1n) is 9.56. The largest absolute Gasteiger partial charge is 0.491 e. The smallest absolute Gasteiger partial charge is 0.200 e. The number of allylic oxidation sites excluding steroid dienone is 1. The first-order chi connectivity index (χ1) is 13.1. The molecule has 1 aliphatic heterocycles. The summed E-state index contributed by atoms with van der Waals surface area (Å²) in [6.07, 6.45) is 5.41. The molecule has 0 aromatic heterocycles. The van der Waals surface area contributed by atoms with E-state index in [1.807, 2.05) is 6.08 Å². The predicted molar refractivity (Wildman–Crippen MR) is 103 cm³/mol. The first kappa shape index (κ1) is 19.6. The molecule has 1 saturated heterocycles. The van der Waals surface area contributed by atoms with Crippen LogP contribution in [0.1, 0.15) is 54.9 Å². The van der Waals surface area contributed by atoms with Crippen molar-refractivity contribution in [1.29, 1.82) is 0 Å². The molecule has 0 aliphatic carbocycles. The van der Waals surface area contributed by atoms with Crippen molar-refractivity contribution in [3.63, 3.8) is 0 Å². The Morgan fingerprint density at radius 2 is 1.89 bits per heavy atom. The molecule has 3 rings (SSSR count). The van der Waals surface area contributed by atoms with E-state index in [4.69, 9.17) is 9.47 Å². The molecule has 0 N–H and O–H groups in total. The standard InChI is InChI=1S/C23H26F2O2/c1-3-5-6-16-7-9-17(10-8-16)20-13-11-18(15-27-20)19-12-14-21(26-4-2)23(25)22(19)24/h3,7-10,12,14,18,20H,1,4-6,11,13,15H2,2H3. The van der Waals surface area contributed by atoms with Gasteiger partial charge in [-0.3, -0.25) is 0 Å². The van der Waals surface area contributed by atoms with Gasteiger partial charge in [-0.2, -0.15) is 4.39 Å². The summed E-state index contributed by atoms with van der Waals surface area (Å²) in [5.41, 5.74) is 2.78. The maximum Gasteiger partial charge on any atom is 0.200 e. The van der Waals surface area contributed by atoms with Crippen LogP contribution in [0.4, 0.5) is 8.78 Å². The molecule has 0 spiro atoms. The Labute approximate surface area is 159 Å². The van der Waals surface area contributed by atoms with Crippen molar-refractivity contribution in [2.75, 3.05) is 13.2 Å². The maximum atomic E-state index is 14.4. The van der Waals surface area contributed by atoms with Crippen molar-refractivity contribution in [3.05, 3.63) is 77.4 Å². The highest BCUT2D eigenvalue weighted by atomic mass is 19.2. The molecule has 2 aromatic carbocycles. The maximum absolute atomic E-state index is 14.4. The number of benzene rings is 2. The number of halogens is 2. The molecule has 1 aliphatic rings. The molecule has 4 heteroatoms. The van der Waals surface area contributed by atoms with E-state index in [1.54, 1.807) is 13.0 Å². The highest BCUT2D eigenvalue weighted by molar-refractivity contribution is 5.33. The van der Waals surface area contributed by atoms with E-state index in [2.05, 4.69) is 30.8 Å². The van der Waals surface area contributed by atoms with Crippen LogP contribution < -0.4 is 4.74 Å². The van der Waals surface area contributed by atoms with E-state index in [-0.39, 0.29) is 17.8 Å². The van der Waals surface area contributed by atoms with Gasteiger partial charge in [-0.05, 0) is 55.4 Å². The average molecular weight is 372 g/mol. The van der Waals surface area contributed by atoms with Crippen molar-refractivity contribution >= 4 is 0 Å². The zero-order valence-electron chi connectivity index (χ0n) is 15.7. The van der Waals surface area contributed by atoms with Crippen LogP contribution in [0.3, 0.4) is 0 Å². The van der Waals surface area contributed by atoms with Crippen LogP contribution in [0.5, 0.6) is 5.75 Å². The summed E-state index contributed by atoms with van der Waals surface area (Å²) < 4.78 is 39.6.